The fourth-order valence-corrected chi connectivity index (χ4v) is 4.77. The molecule has 10 heteroatoms. The summed E-state index contributed by atoms with van der Waals surface area (Å²) in [7, 11) is 0. The molecule has 3 N–H and O–H groups in total. The zero-order valence-electron chi connectivity index (χ0n) is 22.5. The first-order chi connectivity index (χ1) is 20.0. The second kappa shape index (κ2) is 13.1. The molecular weight excluding hydrogens is 540 g/mol. The van der Waals surface area contributed by atoms with Gasteiger partial charge in [-0.3, -0.25) is 14.8 Å². The smallest absolute Gasteiger partial charge is 0.248 e. The Labute approximate surface area is 243 Å². The number of nitriles is 1. The number of carbonyl (C=O) groups is 1. The van der Waals surface area contributed by atoms with Crippen LogP contribution in [-0.2, 0) is 11.4 Å². The molecule has 1 saturated heterocycles. The quantitative estimate of drug-likeness (QED) is 0.206. The van der Waals surface area contributed by atoms with Crippen molar-refractivity contribution in [3.8, 4) is 17.6 Å². The zero-order chi connectivity index (χ0) is 28.6. The fraction of sp³-hybridized carbons (Fsp3) is 0.226. The molecule has 0 unspecified atom stereocenters. The molecule has 0 bridgehead atoms. The van der Waals surface area contributed by atoms with Crippen LogP contribution in [0.1, 0.15) is 31.0 Å². The number of halogens is 1. The minimum absolute atomic E-state index is 0.228. The van der Waals surface area contributed by atoms with Crippen molar-refractivity contribution < 1.29 is 14.3 Å². The van der Waals surface area contributed by atoms with Crippen molar-refractivity contribution in [1.82, 2.24) is 15.3 Å². The van der Waals surface area contributed by atoms with Crippen molar-refractivity contribution in [1.29, 1.82) is 5.26 Å². The molecule has 0 spiro atoms. The number of benzene rings is 2. The summed E-state index contributed by atoms with van der Waals surface area (Å²) in [5.74, 6) is 0.782. The number of hydrogen-bond donors (Lipinski definition) is 3. The van der Waals surface area contributed by atoms with Crippen LogP contribution in [0.3, 0.4) is 0 Å². The van der Waals surface area contributed by atoms with Gasteiger partial charge in [-0.15, -0.1) is 0 Å². The molecule has 1 aliphatic heterocycles. The van der Waals surface area contributed by atoms with Crippen molar-refractivity contribution in [2.45, 2.75) is 26.4 Å². The molecule has 1 aliphatic rings. The third kappa shape index (κ3) is 6.92. The van der Waals surface area contributed by atoms with Gasteiger partial charge in [-0.2, -0.15) is 5.26 Å². The van der Waals surface area contributed by atoms with E-state index in [1.807, 2.05) is 31.2 Å². The summed E-state index contributed by atoms with van der Waals surface area (Å²) in [6, 6.07) is 16.7. The second-order valence-corrected chi connectivity index (χ2v) is 9.79. The van der Waals surface area contributed by atoms with E-state index in [1.165, 1.54) is 6.20 Å². The Bertz CT molecular complexity index is 1630. The molecule has 2 aromatic heterocycles. The van der Waals surface area contributed by atoms with Crippen LogP contribution in [0.2, 0.25) is 5.02 Å². The Morgan fingerprint density at radius 1 is 1.12 bits per heavy atom. The van der Waals surface area contributed by atoms with E-state index in [2.05, 4.69) is 32.0 Å². The molecule has 2 aromatic carbocycles. The third-order valence-electron chi connectivity index (χ3n) is 6.53. The molecule has 208 valence electrons. The zero-order valence-corrected chi connectivity index (χ0v) is 23.3. The van der Waals surface area contributed by atoms with Crippen molar-refractivity contribution in [3.63, 3.8) is 0 Å². The van der Waals surface area contributed by atoms with Crippen LogP contribution >= 0.6 is 11.6 Å². The van der Waals surface area contributed by atoms with Crippen LogP contribution in [-0.4, -0.2) is 35.6 Å². The number of nitrogens with zero attached hydrogens (tertiary/aromatic N) is 3. The monoisotopic (exact) mass is 568 g/mol. The summed E-state index contributed by atoms with van der Waals surface area (Å²) < 4.78 is 11.7. The van der Waals surface area contributed by atoms with E-state index >= 15 is 0 Å². The predicted octanol–water partition coefficient (Wildman–Crippen LogP) is 6.12. The third-order valence-corrected chi connectivity index (χ3v) is 6.83. The lowest BCUT2D eigenvalue weighted by molar-refractivity contribution is -0.112. The average molecular weight is 569 g/mol. The van der Waals surface area contributed by atoms with Gasteiger partial charge in [0.2, 0.25) is 5.91 Å². The molecular formula is C31H29ClN6O3. The number of nitrogens with one attached hydrogen (secondary N) is 3. The number of piperidine rings is 1. The number of fused-ring (bicyclic) bond motifs is 1. The maximum Gasteiger partial charge on any atom is 0.248 e. The van der Waals surface area contributed by atoms with Gasteiger partial charge in [0, 0.05) is 35.6 Å². The molecule has 0 radical (unpaired) electrons. The lowest BCUT2D eigenvalue weighted by Crippen LogP contribution is -2.24. The highest BCUT2D eigenvalue weighted by Gasteiger charge is 2.16. The van der Waals surface area contributed by atoms with Crippen LogP contribution in [0.15, 0.2) is 72.6 Å². The maximum atomic E-state index is 12.9. The largest absolute Gasteiger partial charge is 0.492 e. The van der Waals surface area contributed by atoms with Gasteiger partial charge in [0.05, 0.1) is 39.8 Å². The first-order valence-electron chi connectivity index (χ1n) is 13.3. The summed E-state index contributed by atoms with van der Waals surface area (Å²) in [5.41, 5.74) is 4.50. The number of pyridine rings is 2. The van der Waals surface area contributed by atoms with E-state index in [1.54, 1.807) is 36.5 Å². The number of aromatic nitrogens is 2. The summed E-state index contributed by atoms with van der Waals surface area (Å²) >= 11 is 6.54. The molecule has 1 amide bonds. The lowest BCUT2D eigenvalue weighted by atomic mass is 10.0. The SMILES string of the molecule is CCOc1cc2ncc(C#N)c(Nc3ccc(OCc4ccccn4)c(Cl)c3)c2cc1NC(=O)C=C1CCNCC1. The first kappa shape index (κ1) is 27.9. The molecule has 4 aromatic rings. The van der Waals surface area contributed by atoms with Gasteiger partial charge < -0.3 is 25.4 Å². The van der Waals surface area contributed by atoms with E-state index in [0.717, 1.165) is 37.2 Å². The number of amides is 1. The first-order valence-corrected chi connectivity index (χ1v) is 13.7. The van der Waals surface area contributed by atoms with Gasteiger partial charge in [-0.25, -0.2) is 0 Å². The summed E-state index contributed by atoms with van der Waals surface area (Å²) in [5, 5.41) is 20.5. The summed E-state index contributed by atoms with van der Waals surface area (Å²) in [6.07, 6.45) is 6.54. The van der Waals surface area contributed by atoms with Gasteiger partial charge in [0.25, 0.3) is 0 Å². The van der Waals surface area contributed by atoms with Crippen molar-refractivity contribution in [2.24, 2.45) is 0 Å². The highest BCUT2D eigenvalue weighted by molar-refractivity contribution is 6.32. The van der Waals surface area contributed by atoms with Gasteiger partial charge >= 0.3 is 0 Å². The molecule has 0 saturated carbocycles. The van der Waals surface area contributed by atoms with Gasteiger partial charge in [-0.1, -0.05) is 23.2 Å². The Morgan fingerprint density at radius 3 is 2.71 bits per heavy atom. The number of carbonyl (C=O) groups excluding carboxylic acids is 1. The van der Waals surface area contributed by atoms with Crippen LogP contribution in [0, 0.1) is 11.3 Å². The summed E-state index contributed by atoms with van der Waals surface area (Å²) in [6.45, 7) is 4.29. The summed E-state index contributed by atoms with van der Waals surface area (Å²) in [4.78, 5) is 21.6. The Balaban J connectivity index is 1.44. The highest BCUT2D eigenvalue weighted by atomic mass is 35.5. The minimum atomic E-state index is -0.228. The van der Waals surface area contributed by atoms with Crippen molar-refractivity contribution in [3.05, 3.63) is 88.9 Å². The molecule has 3 heterocycles. The number of rotatable bonds is 9. The molecule has 0 aliphatic carbocycles. The minimum Gasteiger partial charge on any atom is -0.492 e. The maximum absolute atomic E-state index is 12.9. The normalized spacial score (nSPS) is 12.9. The Morgan fingerprint density at radius 2 is 1.98 bits per heavy atom. The molecule has 9 nitrogen and oxygen atoms in total. The average Bonchev–Trinajstić information content (AvgIpc) is 2.98. The van der Waals surface area contributed by atoms with E-state index in [9.17, 15) is 10.1 Å². The fourth-order valence-electron chi connectivity index (χ4n) is 4.53. The van der Waals surface area contributed by atoms with Crippen LogP contribution < -0.4 is 25.4 Å². The van der Waals surface area contributed by atoms with Crippen LogP contribution in [0.25, 0.3) is 10.9 Å². The van der Waals surface area contributed by atoms with Gasteiger partial charge in [0.1, 0.15) is 24.2 Å². The highest BCUT2D eigenvalue weighted by Crippen LogP contribution is 2.37. The number of anilines is 3. The van der Waals surface area contributed by atoms with Gasteiger partial charge in [0.15, 0.2) is 0 Å². The van der Waals surface area contributed by atoms with E-state index in [-0.39, 0.29) is 12.5 Å². The van der Waals surface area contributed by atoms with Crippen LogP contribution in [0.4, 0.5) is 17.1 Å². The topological polar surface area (TPSA) is 121 Å². The van der Waals surface area contributed by atoms with Crippen molar-refractivity contribution >= 4 is 45.5 Å². The van der Waals surface area contributed by atoms with Crippen molar-refractivity contribution in [2.75, 3.05) is 30.3 Å². The van der Waals surface area contributed by atoms with E-state index < -0.39 is 0 Å². The molecule has 0 atom stereocenters. The molecule has 5 rings (SSSR count). The lowest BCUT2D eigenvalue weighted by Gasteiger charge is -2.17. The Hall–Kier alpha value is -4.65. The predicted molar refractivity (Wildman–Crippen MR) is 160 cm³/mol. The second-order valence-electron chi connectivity index (χ2n) is 9.38. The molecule has 1 fully saturated rings. The number of hydrogen-bond acceptors (Lipinski definition) is 8. The molecule has 41 heavy (non-hydrogen) atoms. The number of ether oxygens (including phenoxy) is 2. The van der Waals surface area contributed by atoms with E-state index in [4.69, 9.17) is 21.1 Å². The van der Waals surface area contributed by atoms with E-state index in [0.29, 0.717) is 56.7 Å². The van der Waals surface area contributed by atoms with Crippen LogP contribution in [0.5, 0.6) is 11.5 Å². The standard InChI is InChI=1S/C31H29ClN6O3/c1-2-40-29-16-26-24(15-27(29)38-30(39)13-20-8-11-34-12-9-20)31(21(17-33)18-36-26)37-22-6-7-28(25(32)14-22)41-19-23-5-3-4-10-35-23/h3-7,10,13-16,18,34H,2,8-9,11-12,19H2,1H3,(H,36,37)(H,38,39). The van der Waals surface area contributed by atoms with Gasteiger partial charge in [-0.05, 0) is 69.3 Å². The Kier molecular flexibility index (Phi) is 8.94.